The number of carbonyl (C=O) groups is 1. The number of imidazole rings is 1. The number of hydrogen-bond acceptors (Lipinski definition) is 4. The molecule has 0 aliphatic carbocycles. The zero-order chi connectivity index (χ0) is 14.3. The molecule has 0 atom stereocenters. The molecule has 0 spiro atoms. The van der Waals surface area contributed by atoms with Crippen molar-refractivity contribution in [2.75, 3.05) is 12.1 Å². The van der Waals surface area contributed by atoms with Crippen LogP contribution in [-0.4, -0.2) is 28.3 Å². The lowest BCUT2D eigenvalue weighted by atomic mass is 10.0. The Hall–Kier alpha value is -2.30. The normalized spacial score (nSPS) is 16.1. The zero-order valence-corrected chi connectivity index (χ0v) is 11.8. The van der Waals surface area contributed by atoms with E-state index in [-0.39, 0.29) is 11.5 Å². The van der Waals surface area contributed by atoms with Crippen molar-refractivity contribution in [1.29, 1.82) is 0 Å². The van der Waals surface area contributed by atoms with Gasteiger partial charge < -0.3 is 4.74 Å². The maximum Gasteiger partial charge on any atom is 0.358 e. The van der Waals surface area contributed by atoms with E-state index in [4.69, 9.17) is 4.74 Å². The molecular weight excluding hydrogens is 254 g/mol. The quantitative estimate of drug-likeness (QED) is 0.786. The highest BCUT2D eigenvalue weighted by molar-refractivity contribution is 5.87. The van der Waals surface area contributed by atoms with Gasteiger partial charge in [-0.3, -0.25) is 5.01 Å². The summed E-state index contributed by atoms with van der Waals surface area (Å²) in [7, 11) is 1.38. The van der Waals surface area contributed by atoms with Crippen LogP contribution in [0.3, 0.4) is 0 Å². The Morgan fingerprint density at radius 3 is 2.85 bits per heavy atom. The summed E-state index contributed by atoms with van der Waals surface area (Å²) in [5.74, 6) is -0.386. The number of carbonyl (C=O) groups excluding carboxylic acids is 1. The highest BCUT2D eigenvalue weighted by Gasteiger charge is 2.38. The third kappa shape index (κ3) is 1.78. The first kappa shape index (κ1) is 12.7. The van der Waals surface area contributed by atoms with Crippen LogP contribution in [0.25, 0.3) is 0 Å². The molecule has 5 nitrogen and oxygen atoms in total. The van der Waals surface area contributed by atoms with Gasteiger partial charge in [-0.25, -0.2) is 14.5 Å². The molecule has 20 heavy (non-hydrogen) atoms. The van der Waals surface area contributed by atoms with Crippen LogP contribution in [0, 0.1) is 0 Å². The Morgan fingerprint density at radius 2 is 2.10 bits per heavy atom. The van der Waals surface area contributed by atoms with Crippen LogP contribution in [0.5, 0.6) is 0 Å². The molecule has 5 heteroatoms. The number of anilines is 1. The molecule has 1 aromatic heterocycles. The van der Waals surface area contributed by atoms with E-state index in [1.54, 1.807) is 11.0 Å². The van der Waals surface area contributed by atoms with E-state index in [2.05, 4.69) is 36.0 Å². The highest BCUT2D eigenvalue weighted by Crippen LogP contribution is 2.39. The number of para-hydroxylation sites is 1. The van der Waals surface area contributed by atoms with Gasteiger partial charge in [0.2, 0.25) is 0 Å². The molecule has 1 aliphatic rings. The van der Waals surface area contributed by atoms with Crippen molar-refractivity contribution in [3.8, 4) is 0 Å². The third-order valence-corrected chi connectivity index (χ3v) is 3.65. The second-order valence-electron chi connectivity index (χ2n) is 5.54. The molecule has 0 fully saturated rings. The molecule has 2 heterocycles. The number of hydrogen-bond donors (Lipinski definition) is 0. The molecule has 0 saturated heterocycles. The molecular formula is C15H17N3O2. The number of aromatic nitrogens is 2. The van der Waals surface area contributed by atoms with Crippen LogP contribution in [-0.2, 0) is 11.2 Å². The molecule has 2 aromatic rings. The molecule has 1 aromatic carbocycles. The highest BCUT2D eigenvalue weighted by atomic mass is 16.5. The van der Waals surface area contributed by atoms with Crippen molar-refractivity contribution in [3.05, 3.63) is 48.0 Å². The molecule has 0 unspecified atom stereocenters. The van der Waals surface area contributed by atoms with Gasteiger partial charge in [-0.1, -0.05) is 18.2 Å². The van der Waals surface area contributed by atoms with Crippen molar-refractivity contribution < 1.29 is 9.53 Å². The van der Waals surface area contributed by atoms with E-state index in [9.17, 15) is 4.79 Å². The minimum Gasteiger partial charge on any atom is -0.464 e. The maximum atomic E-state index is 11.9. The van der Waals surface area contributed by atoms with Crippen LogP contribution in [0.2, 0.25) is 0 Å². The van der Waals surface area contributed by atoms with E-state index in [0.29, 0.717) is 5.69 Å². The number of methoxy groups -OCH3 is 1. The van der Waals surface area contributed by atoms with Gasteiger partial charge >= 0.3 is 5.97 Å². The predicted molar refractivity (Wildman–Crippen MR) is 75.7 cm³/mol. The summed E-state index contributed by atoms with van der Waals surface area (Å²) < 4.78 is 6.60. The van der Waals surface area contributed by atoms with Crippen molar-refractivity contribution >= 4 is 11.7 Å². The minimum atomic E-state index is -0.386. The van der Waals surface area contributed by atoms with Crippen molar-refractivity contribution in [1.82, 2.24) is 9.66 Å². The third-order valence-electron chi connectivity index (χ3n) is 3.65. The smallest absolute Gasteiger partial charge is 0.358 e. The summed E-state index contributed by atoms with van der Waals surface area (Å²) in [6, 6.07) is 8.21. The molecule has 0 bridgehead atoms. The first-order valence-electron chi connectivity index (χ1n) is 6.54. The van der Waals surface area contributed by atoms with E-state index in [1.165, 1.54) is 18.9 Å². The number of rotatable bonds is 2. The van der Waals surface area contributed by atoms with Gasteiger partial charge in [-0.2, -0.15) is 0 Å². The van der Waals surface area contributed by atoms with Crippen LogP contribution in [0.4, 0.5) is 5.69 Å². The molecule has 0 amide bonds. The predicted octanol–water partition coefficient (Wildman–Crippen LogP) is 2.27. The van der Waals surface area contributed by atoms with Gasteiger partial charge in [0, 0.05) is 0 Å². The van der Waals surface area contributed by atoms with Gasteiger partial charge in [0.05, 0.1) is 24.5 Å². The van der Waals surface area contributed by atoms with Gasteiger partial charge in [0.25, 0.3) is 0 Å². The van der Waals surface area contributed by atoms with Gasteiger partial charge in [0.1, 0.15) is 6.33 Å². The fourth-order valence-corrected chi connectivity index (χ4v) is 2.84. The largest absolute Gasteiger partial charge is 0.464 e. The fourth-order valence-electron chi connectivity index (χ4n) is 2.84. The van der Waals surface area contributed by atoms with Crippen molar-refractivity contribution in [3.63, 3.8) is 0 Å². The Morgan fingerprint density at radius 1 is 1.35 bits per heavy atom. The second kappa shape index (κ2) is 4.37. The lowest BCUT2D eigenvalue weighted by Gasteiger charge is -2.35. The zero-order valence-electron chi connectivity index (χ0n) is 11.8. The van der Waals surface area contributed by atoms with Crippen LogP contribution in [0.15, 0.2) is 36.8 Å². The lowest BCUT2D eigenvalue weighted by Crippen LogP contribution is -2.45. The number of esters is 1. The average Bonchev–Trinajstić information content (AvgIpc) is 2.97. The topological polar surface area (TPSA) is 47.4 Å². The van der Waals surface area contributed by atoms with Gasteiger partial charge in [-0.05, 0) is 31.9 Å². The van der Waals surface area contributed by atoms with E-state index in [1.807, 2.05) is 12.1 Å². The summed E-state index contributed by atoms with van der Waals surface area (Å²) in [5.41, 5.74) is 2.66. The first-order chi connectivity index (χ1) is 9.54. The lowest BCUT2D eigenvalue weighted by molar-refractivity contribution is 0.0587. The SMILES string of the molecule is COC(=O)c1cncn1N1c2ccccc2CC1(C)C. The summed E-state index contributed by atoms with van der Waals surface area (Å²) in [6.07, 6.45) is 4.10. The fraction of sp³-hybridized carbons (Fsp3) is 0.333. The van der Waals surface area contributed by atoms with Crippen molar-refractivity contribution in [2.45, 2.75) is 25.8 Å². The molecule has 0 saturated carbocycles. The molecule has 0 radical (unpaired) electrons. The van der Waals surface area contributed by atoms with Crippen LogP contribution < -0.4 is 5.01 Å². The summed E-state index contributed by atoms with van der Waals surface area (Å²) in [6.45, 7) is 4.29. The summed E-state index contributed by atoms with van der Waals surface area (Å²) in [4.78, 5) is 16.0. The monoisotopic (exact) mass is 271 g/mol. The summed E-state index contributed by atoms with van der Waals surface area (Å²) in [5, 5.41) is 2.10. The first-order valence-corrected chi connectivity index (χ1v) is 6.54. The molecule has 104 valence electrons. The van der Waals surface area contributed by atoms with E-state index in [0.717, 1.165) is 12.1 Å². The number of fused-ring (bicyclic) bond motifs is 1. The number of benzene rings is 1. The number of ether oxygens (including phenoxy) is 1. The Kier molecular flexibility index (Phi) is 2.78. The molecule has 3 rings (SSSR count). The Labute approximate surface area is 117 Å². The van der Waals surface area contributed by atoms with E-state index < -0.39 is 0 Å². The Bertz CT molecular complexity index is 661. The van der Waals surface area contributed by atoms with Gasteiger partial charge in [-0.15, -0.1) is 0 Å². The second-order valence-corrected chi connectivity index (χ2v) is 5.54. The minimum absolute atomic E-state index is 0.132. The standard InChI is InChI=1S/C15H17N3O2/c1-15(2)8-11-6-4-5-7-12(11)18(15)17-10-16-9-13(17)14(19)20-3/h4-7,9-10H,8H2,1-3H3. The molecule has 0 N–H and O–H groups in total. The summed E-state index contributed by atoms with van der Waals surface area (Å²) >= 11 is 0. The average molecular weight is 271 g/mol. The Balaban J connectivity index is 2.14. The van der Waals surface area contributed by atoms with Gasteiger partial charge in [0.15, 0.2) is 5.69 Å². The van der Waals surface area contributed by atoms with E-state index >= 15 is 0 Å². The maximum absolute atomic E-state index is 11.9. The molecule has 1 aliphatic heterocycles. The van der Waals surface area contributed by atoms with Crippen molar-refractivity contribution in [2.24, 2.45) is 0 Å². The number of nitrogens with zero attached hydrogens (tertiary/aromatic N) is 3. The van der Waals surface area contributed by atoms with Crippen LogP contribution >= 0.6 is 0 Å². The van der Waals surface area contributed by atoms with Crippen LogP contribution in [0.1, 0.15) is 29.9 Å².